The lowest BCUT2D eigenvalue weighted by Gasteiger charge is -2.10. The maximum atomic E-state index is 12.2. The summed E-state index contributed by atoms with van der Waals surface area (Å²) in [4.78, 5) is 23.3. The van der Waals surface area contributed by atoms with Crippen LogP contribution in [0.4, 0.5) is 11.4 Å². The number of carboxylic acids is 1. The van der Waals surface area contributed by atoms with Gasteiger partial charge in [-0.3, -0.25) is 4.79 Å². The molecular weight excluding hydrogens is 404 g/mol. The van der Waals surface area contributed by atoms with Gasteiger partial charge in [0.15, 0.2) is 0 Å². The summed E-state index contributed by atoms with van der Waals surface area (Å²) in [7, 11) is 0. The van der Waals surface area contributed by atoms with Crippen LogP contribution in [0.1, 0.15) is 20.7 Å². The first-order chi connectivity index (χ1) is 9.90. The fourth-order valence-corrected chi connectivity index (χ4v) is 2.91. The predicted molar refractivity (Wildman–Crippen MR) is 87.6 cm³/mol. The van der Waals surface area contributed by atoms with Crippen LogP contribution in [-0.4, -0.2) is 17.0 Å². The number of hydrogen-bond donors (Lipinski definition) is 3. The molecule has 5 nitrogen and oxygen atoms in total. The molecule has 2 rings (SSSR count). The van der Waals surface area contributed by atoms with E-state index >= 15 is 0 Å². The minimum atomic E-state index is -1.15. The summed E-state index contributed by atoms with van der Waals surface area (Å²) in [5, 5.41) is 11.7. The number of amides is 1. The van der Waals surface area contributed by atoms with Gasteiger partial charge in [0, 0.05) is 14.6 Å². The molecule has 0 aliphatic heterocycles. The summed E-state index contributed by atoms with van der Waals surface area (Å²) < 4.78 is 1.25. The number of nitrogen functional groups attached to an aromatic ring is 1. The smallest absolute Gasteiger partial charge is 0.336 e. The monoisotopic (exact) mass is 412 g/mol. The van der Waals surface area contributed by atoms with Gasteiger partial charge in [0.05, 0.1) is 16.8 Å². The van der Waals surface area contributed by atoms with E-state index in [2.05, 4.69) is 37.2 Å². The normalized spacial score (nSPS) is 10.2. The van der Waals surface area contributed by atoms with Crippen LogP contribution in [0, 0.1) is 0 Å². The largest absolute Gasteiger partial charge is 0.478 e. The van der Waals surface area contributed by atoms with Gasteiger partial charge in [0.1, 0.15) is 0 Å². The highest BCUT2D eigenvalue weighted by atomic mass is 79.9. The average Bonchev–Trinajstić information content (AvgIpc) is 2.44. The van der Waals surface area contributed by atoms with Crippen LogP contribution in [-0.2, 0) is 0 Å². The molecule has 0 heterocycles. The molecule has 4 N–H and O–H groups in total. The third-order valence-corrected chi connectivity index (χ3v) is 4.05. The van der Waals surface area contributed by atoms with E-state index in [-0.39, 0.29) is 11.1 Å². The van der Waals surface area contributed by atoms with Gasteiger partial charge in [-0.25, -0.2) is 4.79 Å². The lowest BCUT2D eigenvalue weighted by atomic mass is 10.1. The summed E-state index contributed by atoms with van der Waals surface area (Å²) in [6.45, 7) is 0. The molecule has 7 heteroatoms. The number of aromatic carboxylic acids is 1. The third kappa shape index (κ3) is 3.43. The average molecular weight is 414 g/mol. The van der Waals surface area contributed by atoms with Crippen molar-refractivity contribution in [1.29, 1.82) is 0 Å². The topological polar surface area (TPSA) is 92.4 Å². The van der Waals surface area contributed by atoms with Gasteiger partial charge in [-0.2, -0.15) is 0 Å². The lowest BCUT2D eigenvalue weighted by Crippen LogP contribution is -2.16. The van der Waals surface area contributed by atoms with E-state index < -0.39 is 11.9 Å². The standard InChI is InChI=1S/C14H10Br2N2O3/c15-10-5-7(6-11(16)12(10)17)18-13(19)8-3-1-2-4-9(8)14(20)21/h1-6H,17H2,(H,18,19)(H,20,21). The number of benzene rings is 2. The summed E-state index contributed by atoms with van der Waals surface area (Å²) in [6.07, 6.45) is 0. The molecule has 0 fully saturated rings. The van der Waals surface area contributed by atoms with Gasteiger partial charge in [-0.05, 0) is 56.1 Å². The first-order valence-corrected chi connectivity index (χ1v) is 7.37. The van der Waals surface area contributed by atoms with Crippen molar-refractivity contribution in [1.82, 2.24) is 0 Å². The second kappa shape index (κ2) is 6.28. The van der Waals surface area contributed by atoms with Gasteiger partial charge in [0.2, 0.25) is 0 Å². The van der Waals surface area contributed by atoms with Crippen molar-refractivity contribution in [2.75, 3.05) is 11.1 Å². The van der Waals surface area contributed by atoms with Crippen molar-refractivity contribution in [2.45, 2.75) is 0 Å². The zero-order valence-electron chi connectivity index (χ0n) is 10.6. The van der Waals surface area contributed by atoms with Crippen LogP contribution < -0.4 is 11.1 Å². The molecule has 0 spiro atoms. The maximum absolute atomic E-state index is 12.2. The molecular formula is C14H10Br2N2O3. The van der Waals surface area contributed by atoms with E-state index in [1.807, 2.05) is 0 Å². The van der Waals surface area contributed by atoms with Crippen LogP contribution in [0.2, 0.25) is 0 Å². The van der Waals surface area contributed by atoms with E-state index in [9.17, 15) is 9.59 Å². The molecule has 0 bridgehead atoms. The van der Waals surface area contributed by atoms with Gasteiger partial charge >= 0.3 is 5.97 Å². The van der Waals surface area contributed by atoms with Crippen LogP contribution in [0.3, 0.4) is 0 Å². The molecule has 2 aromatic carbocycles. The molecule has 0 atom stereocenters. The second-order valence-corrected chi connectivity index (χ2v) is 5.87. The molecule has 0 radical (unpaired) electrons. The molecule has 0 aromatic heterocycles. The number of carbonyl (C=O) groups is 2. The van der Waals surface area contributed by atoms with Crippen molar-refractivity contribution in [2.24, 2.45) is 0 Å². The summed E-state index contributed by atoms with van der Waals surface area (Å²) in [5.74, 6) is -1.66. The summed E-state index contributed by atoms with van der Waals surface area (Å²) >= 11 is 6.56. The van der Waals surface area contributed by atoms with Gasteiger partial charge < -0.3 is 16.2 Å². The van der Waals surface area contributed by atoms with Crippen LogP contribution in [0.15, 0.2) is 45.3 Å². The van der Waals surface area contributed by atoms with Crippen LogP contribution >= 0.6 is 31.9 Å². The molecule has 108 valence electrons. The van der Waals surface area contributed by atoms with E-state index in [1.165, 1.54) is 12.1 Å². The van der Waals surface area contributed by atoms with E-state index in [0.717, 1.165) is 0 Å². The Morgan fingerprint density at radius 3 is 2.10 bits per heavy atom. The number of halogens is 2. The highest BCUT2D eigenvalue weighted by Gasteiger charge is 2.16. The number of anilines is 2. The molecule has 2 aromatic rings. The summed E-state index contributed by atoms with van der Waals surface area (Å²) in [6, 6.07) is 9.29. The highest BCUT2D eigenvalue weighted by molar-refractivity contribution is 9.11. The fourth-order valence-electron chi connectivity index (χ4n) is 1.72. The number of nitrogens with one attached hydrogen (secondary N) is 1. The molecule has 0 aliphatic carbocycles. The Bertz CT molecular complexity index is 709. The second-order valence-electron chi connectivity index (χ2n) is 4.16. The Balaban J connectivity index is 2.33. The quantitative estimate of drug-likeness (QED) is 0.668. The highest BCUT2D eigenvalue weighted by Crippen LogP contribution is 2.32. The molecule has 0 aliphatic rings. The molecule has 1 amide bonds. The number of nitrogens with two attached hydrogens (primary N) is 1. The van der Waals surface area contributed by atoms with Gasteiger partial charge in [-0.15, -0.1) is 0 Å². The Hall–Kier alpha value is -1.86. The Kier molecular flexibility index (Phi) is 4.64. The maximum Gasteiger partial charge on any atom is 0.336 e. The molecule has 21 heavy (non-hydrogen) atoms. The van der Waals surface area contributed by atoms with Crippen molar-refractivity contribution >= 4 is 55.1 Å². The van der Waals surface area contributed by atoms with Gasteiger partial charge in [-0.1, -0.05) is 12.1 Å². The Morgan fingerprint density at radius 2 is 1.57 bits per heavy atom. The van der Waals surface area contributed by atoms with E-state index in [0.29, 0.717) is 20.3 Å². The van der Waals surface area contributed by atoms with Crippen LogP contribution in [0.5, 0.6) is 0 Å². The Morgan fingerprint density at radius 1 is 1.05 bits per heavy atom. The van der Waals surface area contributed by atoms with Crippen molar-refractivity contribution in [3.63, 3.8) is 0 Å². The number of carboxylic acid groups (broad SMARTS) is 1. The predicted octanol–water partition coefficient (Wildman–Crippen LogP) is 3.74. The van der Waals surface area contributed by atoms with E-state index in [1.54, 1.807) is 24.3 Å². The zero-order valence-corrected chi connectivity index (χ0v) is 13.7. The SMILES string of the molecule is Nc1c(Br)cc(NC(=O)c2ccccc2C(=O)O)cc1Br. The zero-order chi connectivity index (χ0) is 15.6. The fraction of sp³-hybridized carbons (Fsp3) is 0. The summed E-state index contributed by atoms with van der Waals surface area (Å²) in [5.41, 5.74) is 6.82. The Labute approximate surface area is 137 Å². The first kappa shape index (κ1) is 15.5. The molecule has 0 unspecified atom stereocenters. The molecule has 0 saturated carbocycles. The first-order valence-electron chi connectivity index (χ1n) is 5.78. The molecule has 0 saturated heterocycles. The van der Waals surface area contributed by atoms with Gasteiger partial charge in [0.25, 0.3) is 5.91 Å². The third-order valence-electron chi connectivity index (χ3n) is 2.74. The number of rotatable bonds is 3. The van der Waals surface area contributed by atoms with Crippen LogP contribution in [0.25, 0.3) is 0 Å². The van der Waals surface area contributed by atoms with Crippen molar-refractivity contribution in [3.8, 4) is 0 Å². The lowest BCUT2D eigenvalue weighted by molar-refractivity contribution is 0.0692. The van der Waals surface area contributed by atoms with Crippen molar-refractivity contribution < 1.29 is 14.7 Å². The van der Waals surface area contributed by atoms with Crippen molar-refractivity contribution in [3.05, 3.63) is 56.5 Å². The minimum absolute atomic E-state index is 0.0522. The number of hydrogen-bond acceptors (Lipinski definition) is 3. The van der Waals surface area contributed by atoms with E-state index in [4.69, 9.17) is 10.8 Å². The minimum Gasteiger partial charge on any atom is -0.478 e. The number of carbonyl (C=O) groups excluding carboxylic acids is 1.